The molecule has 1 heterocycles. The fourth-order valence-electron chi connectivity index (χ4n) is 1.38. The predicted octanol–water partition coefficient (Wildman–Crippen LogP) is 1.76. The van der Waals surface area contributed by atoms with Crippen molar-refractivity contribution in [2.24, 2.45) is 0 Å². The highest BCUT2D eigenvalue weighted by atomic mass is 32.1. The lowest BCUT2D eigenvalue weighted by atomic mass is 10.2. The van der Waals surface area contributed by atoms with Crippen LogP contribution in [0.5, 0.6) is 0 Å². The molecule has 0 aromatic carbocycles. The molecule has 1 aromatic heterocycles. The number of aromatic nitrogens is 1. The summed E-state index contributed by atoms with van der Waals surface area (Å²) in [5, 5.41) is 19.9. The van der Waals surface area contributed by atoms with Crippen molar-refractivity contribution in [3.8, 4) is 0 Å². The number of carbonyl (C=O) groups excluding carboxylic acids is 1. The van der Waals surface area contributed by atoms with E-state index in [9.17, 15) is 14.4 Å². The maximum absolute atomic E-state index is 11.4. The van der Waals surface area contributed by atoms with Gasteiger partial charge >= 0.3 is 11.9 Å². The number of rotatable bonds is 7. The van der Waals surface area contributed by atoms with Crippen LogP contribution < -0.4 is 5.32 Å². The monoisotopic (exact) mass is 298 g/mol. The third-order valence-corrected chi connectivity index (χ3v) is 3.27. The summed E-state index contributed by atoms with van der Waals surface area (Å²) in [6.45, 7) is 1.98. The van der Waals surface area contributed by atoms with Gasteiger partial charge in [0.25, 0.3) is 0 Å². The van der Waals surface area contributed by atoms with Gasteiger partial charge in [0.1, 0.15) is 4.88 Å². The molecule has 0 unspecified atom stereocenters. The van der Waals surface area contributed by atoms with E-state index in [4.69, 9.17) is 10.2 Å². The van der Waals surface area contributed by atoms with Gasteiger partial charge in [0, 0.05) is 12.2 Å². The van der Waals surface area contributed by atoms with Gasteiger partial charge in [-0.25, -0.2) is 14.6 Å². The molecular formula is C12H14N2O5S. The summed E-state index contributed by atoms with van der Waals surface area (Å²) in [6, 6.07) is 0. The number of anilines is 1. The van der Waals surface area contributed by atoms with E-state index in [0.717, 1.165) is 30.3 Å². The van der Waals surface area contributed by atoms with Gasteiger partial charge in [0.15, 0.2) is 5.13 Å². The Labute approximate surface area is 119 Å². The lowest BCUT2D eigenvalue weighted by Gasteiger charge is -1.96. The number of thiazole rings is 1. The zero-order valence-corrected chi connectivity index (χ0v) is 11.6. The number of aryl methyl sites for hydroxylation is 1. The van der Waals surface area contributed by atoms with E-state index in [1.165, 1.54) is 0 Å². The molecule has 1 aromatic rings. The molecule has 1 rings (SSSR count). The normalized spacial score (nSPS) is 10.7. The first kappa shape index (κ1) is 15.8. The zero-order chi connectivity index (χ0) is 15.1. The Morgan fingerprint density at radius 2 is 2.00 bits per heavy atom. The summed E-state index contributed by atoms with van der Waals surface area (Å²) >= 11 is 0.857. The van der Waals surface area contributed by atoms with Crippen molar-refractivity contribution in [2.45, 2.75) is 26.2 Å². The summed E-state index contributed by atoms with van der Waals surface area (Å²) in [7, 11) is 0. The molecule has 3 N–H and O–H groups in total. The summed E-state index contributed by atoms with van der Waals surface area (Å²) in [5.74, 6) is -3.00. The average Bonchev–Trinajstić information content (AvgIpc) is 2.77. The molecule has 0 fully saturated rings. The molecule has 0 aliphatic carbocycles. The maximum atomic E-state index is 11.4. The number of amides is 1. The number of nitrogens with zero attached hydrogens (tertiary/aromatic N) is 1. The number of nitrogens with one attached hydrogen (secondary N) is 1. The molecule has 108 valence electrons. The van der Waals surface area contributed by atoms with Gasteiger partial charge in [-0.1, -0.05) is 24.7 Å². The number of aliphatic carboxylic acids is 1. The van der Waals surface area contributed by atoms with Crippen LogP contribution in [0.2, 0.25) is 0 Å². The smallest absolute Gasteiger partial charge is 0.347 e. The highest BCUT2D eigenvalue weighted by molar-refractivity contribution is 7.17. The van der Waals surface area contributed by atoms with Gasteiger partial charge in [-0.2, -0.15) is 0 Å². The minimum Gasteiger partial charge on any atom is -0.478 e. The second kappa shape index (κ2) is 7.39. The van der Waals surface area contributed by atoms with Crippen molar-refractivity contribution in [1.29, 1.82) is 0 Å². The lowest BCUT2D eigenvalue weighted by molar-refractivity contribution is -0.131. The van der Waals surface area contributed by atoms with Crippen LogP contribution in [0.3, 0.4) is 0 Å². The fourth-order valence-corrected chi connectivity index (χ4v) is 2.23. The Kier molecular flexibility index (Phi) is 5.85. The van der Waals surface area contributed by atoms with E-state index in [2.05, 4.69) is 10.3 Å². The van der Waals surface area contributed by atoms with Crippen LogP contribution in [0.4, 0.5) is 5.13 Å². The first-order chi connectivity index (χ1) is 9.43. The van der Waals surface area contributed by atoms with Crippen molar-refractivity contribution in [3.05, 3.63) is 22.7 Å². The van der Waals surface area contributed by atoms with Crippen molar-refractivity contribution >= 4 is 34.3 Å². The van der Waals surface area contributed by atoms with Crippen LogP contribution >= 0.6 is 11.3 Å². The van der Waals surface area contributed by atoms with E-state index < -0.39 is 17.8 Å². The number of carboxylic acids is 2. The number of carboxylic acid groups (broad SMARTS) is 2. The van der Waals surface area contributed by atoms with E-state index in [-0.39, 0.29) is 10.0 Å². The molecule has 0 atom stereocenters. The van der Waals surface area contributed by atoms with E-state index in [0.29, 0.717) is 18.2 Å². The van der Waals surface area contributed by atoms with Gasteiger partial charge in [-0.15, -0.1) is 0 Å². The summed E-state index contributed by atoms with van der Waals surface area (Å²) in [5.41, 5.74) is 0.432. The molecule has 0 aliphatic heterocycles. The summed E-state index contributed by atoms with van der Waals surface area (Å²) < 4.78 is 0. The SMILES string of the molecule is CCCCc1nc(NC(=O)/C=C/C(=O)O)sc1C(=O)O. The Balaban J connectivity index is 2.83. The summed E-state index contributed by atoms with van der Waals surface area (Å²) in [4.78, 5) is 36.9. The van der Waals surface area contributed by atoms with Crippen LogP contribution in [0.1, 0.15) is 35.1 Å². The number of hydrogen-bond acceptors (Lipinski definition) is 5. The van der Waals surface area contributed by atoms with Gasteiger partial charge in [0.2, 0.25) is 5.91 Å². The molecule has 20 heavy (non-hydrogen) atoms. The fraction of sp³-hybridized carbons (Fsp3) is 0.333. The largest absolute Gasteiger partial charge is 0.478 e. The Morgan fingerprint density at radius 3 is 2.55 bits per heavy atom. The topological polar surface area (TPSA) is 117 Å². The Morgan fingerprint density at radius 1 is 1.30 bits per heavy atom. The van der Waals surface area contributed by atoms with Crippen molar-refractivity contribution in [1.82, 2.24) is 4.98 Å². The van der Waals surface area contributed by atoms with E-state index >= 15 is 0 Å². The van der Waals surface area contributed by atoms with Crippen LogP contribution in [-0.4, -0.2) is 33.0 Å². The quantitative estimate of drug-likeness (QED) is 0.660. The van der Waals surface area contributed by atoms with Crippen LogP contribution in [0.25, 0.3) is 0 Å². The van der Waals surface area contributed by atoms with Crippen LogP contribution in [0, 0.1) is 0 Å². The highest BCUT2D eigenvalue weighted by Gasteiger charge is 2.17. The zero-order valence-electron chi connectivity index (χ0n) is 10.8. The van der Waals surface area contributed by atoms with Crippen molar-refractivity contribution in [3.63, 3.8) is 0 Å². The molecular weight excluding hydrogens is 284 g/mol. The highest BCUT2D eigenvalue weighted by Crippen LogP contribution is 2.24. The number of hydrogen-bond donors (Lipinski definition) is 3. The molecule has 7 nitrogen and oxygen atoms in total. The van der Waals surface area contributed by atoms with Gasteiger partial charge in [-0.3, -0.25) is 10.1 Å². The minimum absolute atomic E-state index is 0.0935. The van der Waals surface area contributed by atoms with Crippen molar-refractivity contribution < 1.29 is 24.6 Å². The van der Waals surface area contributed by atoms with E-state index in [1.54, 1.807) is 0 Å². The number of carbonyl (C=O) groups is 3. The first-order valence-corrected chi connectivity index (χ1v) is 6.70. The lowest BCUT2D eigenvalue weighted by Crippen LogP contribution is -2.08. The van der Waals surface area contributed by atoms with Gasteiger partial charge in [-0.05, 0) is 12.8 Å². The third-order valence-electron chi connectivity index (χ3n) is 2.27. The second-order valence-corrected chi connectivity index (χ2v) is 4.86. The average molecular weight is 298 g/mol. The first-order valence-electron chi connectivity index (χ1n) is 5.89. The van der Waals surface area contributed by atoms with Crippen LogP contribution in [-0.2, 0) is 16.0 Å². The molecule has 0 radical (unpaired) electrons. The minimum atomic E-state index is -1.24. The second-order valence-electron chi connectivity index (χ2n) is 3.86. The standard InChI is InChI=1S/C12H14N2O5S/c1-2-3-4-7-10(11(18)19)20-12(13-7)14-8(15)5-6-9(16)17/h5-6H,2-4H2,1H3,(H,16,17)(H,18,19)(H,13,14,15)/b6-5+. The van der Waals surface area contributed by atoms with Crippen LogP contribution in [0.15, 0.2) is 12.2 Å². The maximum Gasteiger partial charge on any atom is 0.347 e. The molecule has 8 heteroatoms. The third kappa shape index (κ3) is 4.81. The number of unbranched alkanes of at least 4 members (excludes halogenated alkanes) is 1. The van der Waals surface area contributed by atoms with Gasteiger partial charge in [0.05, 0.1) is 5.69 Å². The molecule has 0 saturated carbocycles. The van der Waals surface area contributed by atoms with Gasteiger partial charge < -0.3 is 10.2 Å². The Hall–Kier alpha value is -2.22. The molecule has 1 amide bonds. The number of aromatic carboxylic acids is 1. The van der Waals surface area contributed by atoms with E-state index in [1.807, 2.05) is 6.92 Å². The molecule has 0 aliphatic rings. The molecule has 0 bridgehead atoms. The molecule has 0 spiro atoms. The predicted molar refractivity (Wildman–Crippen MR) is 73.1 cm³/mol. The molecule has 0 saturated heterocycles. The Bertz CT molecular complexity index is 550. The summed E-state index contributed by atoms with van der Waals surface area (Å²) in [6.07, 6.45) is 3.76. The van der Waals surface area contributed by atoms with Crippen molar-refractivity contribution in [2.75, 3.05) is 5.32 Å².